The van der Waals surface area contributed by atoms with E-state index in [1.54, 1.807) is 0 Å². The molecule has 0 aromatic carbocycles. The monoisotopic (exact) mass is 256 g/mol. The molecule has 0 unspecified atom stereocenters. The highest BCUT2D eigenvalue weighted by atomic mass is 19.1. The van der Waals surface area contributed by atoms with Gasteiger partial charge in [-0.05, 0) is 6.42 Å². The summed E-state index contributed by atoms with van der Waals surface area (Å²) in [5.74, 6) is 2.07. The fourth-order valence-corrected chi connectivity index (χ4v) is 2.50. The van der Waals surface area contributed by atoms with Gasteiger partial charge in [-0.3, -0.25) is 4.90 Å². The zero-order chi connectivity index (χ0) is 13.3. The van der Waals surface area contributed by atoms with Gasteiger partial charge in [-0.15, -0.1) is 10.2 Å². The van der Waals surface area contributed by atoms with Crippen LogP contribution >= 0.6 is 0 Å². The lowest BCUT2D eigenvalue weighted by molar-refractivity contribution is 0.149. The van der Waals surface area contributed by atoms with Gasteiger partial charge in [-0.2, -0.15) is 0 Å². The molecule has 6 heteroatoms. The molecule has 0 bridgehead atoms. The Morgan fingerprint density at radius 1 is 1.44 bits per heavy atom. The van der Waals surface area contributed by atoms with Crippen molar-refractivity contribution < 1.29 is 9.50 Å². The van der Waals surface area contributed by atoms with E-state index in [0.717, 1.165) is 11.6 Å². The molecule has 2 rings (SSSR count). The largest absolute Gasteiger partial charge is 0.395 e. The lowest BCUT2D eigenvalue weighted by atomic mass is 10.2. The second kappa shape index (κ2) is 5.32. The third kappa shape index (κ3) is 2.54. The molecule has 1 N–H and O–H groups in total. The van der Waals surface area contributed by atoms with E-state index in [-0.39, 0.29) is 12.6 Å². The molecular weight excluding hydrogens is 235 g/mol. The zero-order valence-electron chi connectivity index (χ0n) is 11.2. The maximum Gasteiger partial charge on any atom is 0.146 e. The van der Waals surface area contributed by atoms with Crippen molar-refractivity contribution in [1.82, 2.24) is 19.7 Å². The van der Waals surface area contributed by atoms with Crippen LogP contribution in [-0.4, -0.2) is 50.1 Å². The molecule has 0 saturated carbocycles. The van der Waals surface area contributed by atoms with Crippen molar-refractivity contribution in [3.8, 4) is 0 Å². The van der Waals surface area contributed by atoms with Crippen LogP contribution in [0.5, 0.6) is 0 Å². The number of alkyl halides is 1. The number of rotatable bonds is 4. The molecule has 0 spiro atoms. The summed E-state index contributed by atoms with van der Waals surface area (Å²) in [4.78, 5) is 1.94. The third-order valence-corrected chi connectivity index (χ3v) is 3.55. The molecule has 1 saturated heterocycles. The Hall–Kier alpha value is -1.01. The van der Waals surface area contributed by atoms with E-state index in [1.165, 1.54) is 0 Å². The summed E-state index contributed by atoms with van der Waals surface area (Å²) in [6, 6.07) is -0.0980. The molecule has 2 atom stereocenters. The average molecular weight is 256 g/mol. The van der Waals surface area contributed by atoms with Crippen LogP contribution in [0.3, 0.4) is 0 Å². The van der Waals surface area contributed by atoms with Crippen LogP contribution in [0, 0.1) is 0 Å². The van der Waals surface area contributed by atoms with Crippen LogP contribution in [0.2, 0.25) is 0 Å². The first-order chi connectivity index (χ1) is 8.52. The van der Waals surface area contributed by atoms with Gasteiger partial charge in [0.1, 0.15) is 17.8 Å². The van der Waals surface area contributed by atoms with Crippen molar-refractivity contribution in [2.24, 2.45) is 7.05 Å². The molecule has 0 amide bonds. The highest BCUT2D eigenvalue weighted by molar-refractivity contribution is 5.00. The Labute approximate surface area is 107 Å². The Morgan fingerprint density at radius 2 is 2.17 bits per heavy atom. The minimum atomic E-state index is -0.847. The van der Waals surface area contributed by atoms with Crippen LogP contribution in [0.4, 0.5) is 4.39 Å². The maximum absolute atomic E-state index is 13.4. The van der Waals surface area contributed by atoms with E-state index in [2.05, 4.69) is 24.0 Å². The van der Waals surface area contributed by atoms with Crippen LogP contribution in [0.25, 0.3) is 0 Å². The number of aliphatic hydroxyl groups is 1. The van der Waals surface area contributed by atoms with Gasteiger partial charge >= 0.3 is 0 Å². The summed E-state index contributed by atoms with van der Waals surface area (Å²) in [6.07, 6.45) is -0.439. The lowest BCUT2D eigenvalue weighted by Gasteiger charge is -2.21. The normalized spacial score (nSPS) is 25.2. The van der Waals surface area contributed by atoms with Gasteiger partial charge in [0.2, 0.25) is 0 Å². The van der Waals surface area contributed by atoms with Crippen molar-refractivity contribution in [1.29, 1.82) is 0 Å². The third-order valence-electron chi connectivity index (χ3n) is 3.55. The van der Waals surface area contributed by atoms with Gasteiger partial charge < -0.3 is 9.67 Å². The van der Waals surface area contributed by atoms with Crippen molar-refractivity contribution in [2.75, 3.05) is 13.2 Å². The van der Waals surface area contributed by atoms with Gasteiger partial charge in [0, 0.05) is 25.6 Å². The number of halogens is 1. The lowest BCUT2D eigenvalue weighted by Crippen LogP contribution is -2.32. The van der Waals surface area contributed by atoms with E-state index in [9.17, 15) is 9.50 Å². The second-order valence-electron chi connectivity index (χ2n) is 5.29. The van der Waals surface area contributed by atoms with Crippen LogP contribution in [-0.2, 0) is 13.6 Å². The van der Waals surface area contributed by atoms with E-state index in [4.69, 9.17) is 0 Å². The van der Waals surface area contributed by atoms with Gasteiger partial charge in [0.05, 0.1) is 13.2 Å². The van der Waals surface area contributed by atoms with Crippen LogP contribution in [0.1, 0.15) is 37.8 Å². The minimum Gasteiger partial charge on any atom is -0.395 e. The summed E-state index contributed by atoms with van der Waals surface area (Å²) >= 11 is 0. The molecule has 1 aromatic heterocycles. The Bertz CT molecular complexity index is 407. The Balaban J connectivity index is 2.09. The standard InChI is InChI=1S/C12H21FN4O/c1-8(2)12-15-14-11(16(12)3)6-17-5-9(13)4-10(17)7-18/h8-10,18H,4-7H2,1-3H3/t9-,10-/m0/s1. The summed E-state index contributed by atoms with van der Waals surface area (Å²) in [6.45, 7) is 5.04. The average Bonchev–Trinajstić information content (AvgIpc) is 2.84. The van der Waals surface area contributed by atoms with E-state index >= 15 is 0 Å². The number of nitrogens with zero attached hydrogens (tertiary/aromatic N) is 4. The molecule has 2 heterocycles. The van der Waals surface area contributed by atoms with Crippen molar-refractivity contribution in [3.05, 3.63) is 11.6 Å². The van der Waals surface area contributed by atoms with Crippen LogP contribution < -0.4 is 0 Å². The predicted molar refractivity (Wildman–Crippen MR) is 65.9 cm³/mol. The fourth-order valence-electron chi connectivity index (χ4n) is 2.50. The molecule has 0 aliphatic carbocycles. The number of aliphatic hydroxyl groups excluding tert-OH is 1. The summed E-state index contributed by atoms with van der Waals surface area (Å²) < 4.78 is 15.3. The summed E-state index contributed by atoms with van der Waals surface area (Å²) in [5, 5.41) is 17.6. The second-order valence-corrected chi connectivity index (χ2v) is 5.29. The van der Waals surface area contributed by atoms with E-state index in [1.807, 2.05) is 16.5 Å². The highest BCUT2D eigenvalue weighted by Crippen LogP contribution is 2.22. The Kier molecular flexibility index (Phi) is 3.97. The molecule has 102 valence electrons. The maximum atomic E-state index is 13.4. The SMILES string of the molecule is CC(C)c1nnc(CN2C[C@@H](F)C[C@H]2CO)n1C. The quantitative estimate of drug-likeness (QED) is 0.867. The van der Waals surface area contributed by atoms with Crippen molar-refractivity contribution in [2.45, 2.75) is 44.9 Å². The van der Waals surface area contributed by atoms with Gasteiger partial charge in [-0.1, -0.05) is 13.8 Å². The predicted octanol–water partition coefficient (Wildman–Crippen LogP) is 0.843. The Morgan fingerprint density at radius 3 is 2.72 bits per heavy atom. The molecule has 5 nitrogen and oxygen atoms in total. The number of aromatic nitrogens is 3. The highest BCUT2D eigenvalue weighted by Gasteiger charge is 2.32. The molecule has 1 aromatic rings. The summed E-state index contributed by atoms with van der Waals surface area (Å²) in [7, 11) is 1.93. The molecular formula is C12H21FN4O. The first kappa shape index (κ1) is 13.4. The first-order valence-corrected chi connectivity index (χ1v) is 6.40. The molecule has 18 heavy (non-hydrogen) atoms. The van der Waals surface area contributed by atoms with Crippen molar-refractivity contribution in [3.63, 3.8) is 0 Å². The van der Waals surface area contributed by atoms with E-state index in [0.29, 0.717) is 25.4 Å². The zero-order valence-corrected chi connectivity index (χ0v) is 11.2. The fraction of sp³-hybridized carbons (Fsp3) is 0.833. The topological polar surface area (TPSA) is 54.2 Å². The van der Waals surface area contributed by atoms with Gasteiger partial charge in [0.15, 0.2) is 0 Å². The minimum absolute atomic E-state index is 0.00465. The van der Waals surface area contributed by atoms with Crippen LogP contribution in [0.15, 0.2) is 0 Å². The number of hydrogen-bond donors (Lipinski definition) is 1. The first-order valence-electron chi connectivity index (χ1n) is 6.40. The van der Waals surface area contributed by atoms with Gasteiger partial charge in [-0.25, -0.2) is 4.39 Å². The molecule has 0 radical (unpaired) electrons. The number of likely N-dealkylation sites (tertiary alicyclic amines) is 1. The van der Waals surface area contributed by atoms with Crippen molar-refractivity contribution >= 4 is 0 Å². The smallest absolute Gasteiger partial charge is 0.146 e. The molecule has 1 aliphatic heterocycles. The van der Waals surface area contributed by atoms with Gasteiger partial charge in [0.25, 0.3) is 0 Å². The number of hydrogen-bond acceptors (Lipinski definition) is 4. The molecule has 1 fully saturated rings. The molecule has 1 aliphatic rings. The summed E-state index contributed by atoms with van der Waals surface area (Å²) in [5.41, 5.74) is 0. The van der Waals surface area contributed by atoms with E-state index < -0.39 is 6.17 Å².